The SMILES string of the molecule is CC(C)CC(CC(O)[C@H](CC(C)C)NC(=O)OCc1ccccc1)C(=O)N[C@@H](CC(C)C)B(O)O. The molecule has 0 saturated carbocycles. The Morgan fingerprint density at radius 3 is 1.94 bits per heavy atom. The molecule has 1 aromatic carbocycles. The molecule has 0 aliphatic rings. The van der Waals surface area contributed by atoms with Gasteiger partial charge in [-0.05, 0) is 49.0 Å². The minimum atomic E-state index is -1.67. The van der Waals surface area contributed by atoms with Crippen LogP contribution in [0.4, 0.5) is 4.79 Å². The van der Waals surface area contributed by atoms with Crippen LogP contribution in [0.5, 0.6) is 0 Å². The van der Waals surface area contributed by atoms with Crippen molar-refractivity contribution in [1.82, 2.24) is 10.6 Å². The van der Waals surface area contributed by atoms with Gasteiger partial charge in [-0.2, -0.15) is 0 Å². The summed E-state index contributed by atoms with van der Waals surface area (Å²) >= 11 is 0. The lowest BCUT2D eigenvalue weighted by Gasteiger charge is -2.30. The summed E-state index contributed by atoms with van der Waals surface area (Å²) in [4.78, 5) is 25.5. The highest BCUT2D eigenvalue weighted by atomic mass is 16.5. The van der Waals surface area contributed by atoms with E-state index in [1.165, 1.54) is 0 Å². The summed E-state index contributed by atoms with van der Waals surface area (Å²) in [5.74, 6) is -1.11. The number of ether oxygens (including phenoxy) is 1. The molecule has 0 aliphatic carbocycles. The third kappa shape index (κ3) is 13.0. The van der Waals surface area contributed by atoms with Crippen LogP contribution in [0.15, 0.2) is 30.3 Å². The molecular formula is C26H45BN2O6. The Kier molecular flexibility index (Phi) is 14.0. The van der Waals surface area contributed by atoms with Gasteiger partial charge in [-0.1, -0.05) is 71.9 Å². The van der Waals surface area contributed by atoms with E-state index in [0.29, 0.717) is 19.3 Å². The molecule has 8 nitrogen and oxygen atoms in total. The smallest absolute Gasteiger partial charge is 0.445 e. The first-order chi connectivity index (χ1) is 16.4. The van der Waals surface area contributed by atoms with E-state index in [4.69, 9.17) is 4.74 Å². The maximum atomic E-state index is 13.1. The van der Waals surface area contributed by atoms with E-state index in [1.54, 1.807) is 0 Å². The van der Waals surface area contributed by atoms with Crippen molar-refractivity contribution in [3.05, 3.63) is 35.9 Å². The number of hydrogen-bond acceptors (Lipinski definition) is 6. The van der Waals surface area contributed by atoms with Crippen molar-refractivity contribution in [2.24, 2.45) is 23.7 Å². The highest BCUT2D eigenvalue weighted by Crippen LogP contribution is 2.22. The zero-order valence-corrected chi connectivity index (χ0v) is 22.1. The zero-order valence-electron chi connectivity index (χ0n) is 22.1. The third-order valence-corrected chi connectivity index (χ3v) is 5.77. The van der Waals surface area contributed by atoms with Crippen LogP contribution in [0.3, 0.4) is 0 Å². The number of benzene rings is 1. The first-order valence-corrected chi connectivity index (χ1v) is 12.7. The largest absolute Gasteiger partial charge is 0.475 e. The Morgan fingerprint density at radius 2 is 1.43 bits per heavy atom. The van der Waals surface area contributed by atoms with Gasteiger partial charge in [0.25, 0.3) is 0 Å². The fourth-order valence-electron chi connectivity index (χ4n) is 4.13. The molecule has 0 aliphatic heterocycles. The maximum Gasteiger partial charge on any atom is 0.475 e. The molecule has 2 amide bonds. The van der Waals surface area contributed by atoms with E-state index in [2.05, 4.69) is 10.6 Å². The molecule has 0 saturated heterocycles. The Hall–Kier alpha value is -2.10. The fourth-order valence-corrected chi connectivity index (χ4v) is 4.13. The Balaban J connectivity index is 2.86. The van der Waals surface area contributed by atoms with Crippen molar-refractivity contribution >= 4 is 19.1 Å². The first kappa shape index (κ1) is 30.9. The molecule has 5 N–H and O–H groups in total. The molecule has 0 fully saturated rings. The topological polar surface area (TPSA) is 128 Å². The lowest BCUT2D eigenvalue weighted by atomic mass is 9.74. The summed E-state index contributed by atoms with van der Waals surface area (Å²) in [5.41, 5.74) is 0.860. The molecule has 198 valence electrons. The summed E-state index contributed by atoms with van der Waals surface area (Å²) < 4.78 is 5.33. The van der Waals surface area contributed by atoms with Gasteiger partial charge in [0.1, 0.15) is 6.61 Å². The van der Waals surface area contributed by atoms with Crippen LogP contribution in [0.2, 0.25) is 0 Å². The predicted molar refractivity (Wildman–Crippen MR) is 138 cm³/mol. The monoisotopic (exact) mass is 492 g/mol. The molecule has 2 unspecified atom stereocenters. The summed E-state index contributed by atoms with van der Waals surface area (Å²) in [6, 6.07) is 8.74. The van der Waals surface area contributed by atoms with E-state index in [1.807, 2.05) is 71.9 Å². The zero-order chi connectivity index (χ0) is 26.5. The molecule has 0 radical (unpaired) electrons. The number of carbonyl (C=O) groups is 2. The van der Waals surface area contributed by atoms with Gasteiger partial charge in [0.2, 0.25) is 5.91 Å². The van der Waals surface area contributed by atoms with Gasteiger partial charge in [0, 0.05) is 5.92 Å². The summed E-state index contributed by atoms with van der Waals surface area (Å²) in [5, 5.41) is 36.0. The molecule has 35 heavy (non-hydrogen) atoms. The van der Waals surface area contributed by atoms with Crippen LogP contribution in [-0.4, -0.2) is 52.4 Å². The van der Waals surface area contributed by atoms with Crippen molar-refractivity contribution in [1.29, 1.82) is 0 Å². The van der Waals surface area contributed by atoms with Gasteiger partial charge in [-0.15, -0.1) is 0 Å². The van der Waals surface area contributed by atoms with Crippen molar-refractivity contribution in [3.63, 3.8) is 0 Å². The standard InChI is InChI=1S/C26H45BN2O6/c1-17(2)12-21(25(31)29-24(27(33)34)14-19(5)6)15-23(30)22(13-18(3)4)28-26(32)35-16-20-10-8-7-9-11-20/h7-11,17-19,21-24,30,33-34H,12-16H2,1-6H3,(H,28,32)(H,29,31)/t21?,22-,23?,24-/m0/s1. The molecule has 4 atom stereocenters. The fraction of sp³-hybridized carbons (Fsp3) is 0.692. The van der Waals surface area contributed by atoms with Crippen LogP contribution in [0, 0.1) is 23.7 Å². The number of hydrogen-bond donors (Lipinski definition) is 5. The molecular weight excluding hydrogens is 447 g/mol. The molecule has 0 bridgehead atoms. The third-order valence-electron chi connectivity index (χ3n) is 5.77. The molecule has 0 heterocycles. The Morgan fingerprint density at radius 1 is 0.857 bits per heavy atom. The van der Waals surface area contributed by atoms with E-state index < -0.39 is 37.2 Å². The Labute approximate surface area is 211 Å². The lowest BCUT2D eigenvalue weighted by Crippen LogP contribution is -2.50. The second-order valence-electron chi connectivity index (χ2n) is 10.7. The molecule has 0 spiro atoms. The molecule has 0 aromatic heterocycles. The number of nitrogens with one attached hydrogen (secondary N) is 2. The number of aliphatic hydroxyl groups is 1. The van der Waals surface area contributed by atoms with Crippen LogP contribution < -0.4 is 10.6 Å². The number of rotatable bonds is 15. The Bertz CT molecular complexity index is 745. The van der Waals surface area contributed by atoms with E-state index >= 15 is 0 Å². The van der Waals surface area contributed by atoms with Gasteiger partial charge in [-0.3, -0.25) is 4.79 Å². The van der Waals surface area contributed by atoms with Crippen LogP contribution >= 0.6 is 0 Å². The normalized spacial score (nSPS) is 15.0. The molecule has 1 aromatic rings. The second kappa shape index (κ2) is 15.8. The first-order valence-electron chi connectivity index (χ1n) is 12.7. The second-order valence-corrected chi connectivity index (χ2v) is 10.7. The van der Waals surface area contributed by atoms with Crippen molar-refractivity contribution < 1.29 is 29.5 Å². The number of amides is 2. The highest BCUT2D eigenvalue weighted by molar-refractivity contribution is 6.43. The minimum Gasteiger partial charge on any atom is -0.445 e. The van der Waals surface area contributed by atoms with Gasteiger partial charge < -0.3 is 30.5 Å². The van der Waals surface area contributed by atoms with Crippen molar-refractivity contribution in [3.8, 4) is 0 Å². The summed E-state index contributed by atoms with van der Waals surface area (Å²) in [6.07, 6.45) is -0.00152. The van der Waals surface area contributed by atoms with Gasteiger partial charge in [-0.25, -0.2) is 4.79 Å². The average molecular weight is 492 g/mol. The number of aliphatic hydroxyl groups excluding tert-OH is 1. The quantitative estimate of drug-likeness (QED) is 0.239. The van der Waals surface area contributed by atoms with Crippen molar-refractivity contribution in [2.45, 2.75) is 91.9 Å². The van der Waals surface area contributed by atoms with Crippen LogP contribution in [0.25, 0.3) is 0 Å². The number of carbonyl (C=O) groups excluding carboxylic acids is 2. The molecule has 9 heteroatoms. The summed E-state index contributed by atoms with van der Waals surface area (Å²) in [7, 11) is -1.67. The maximum absolute atomic E-state index is 13.1. The number of alkyl carbamates (subject to hydrolysis) is 1. The predicted octanol–water partition coefficient (Wildman–Crippen LogP) is 3.28. The van der Waals surface area contributed by atoms with Gasteiger partial charge >= 0.3 is 13.2 Å². The van der Waals surface area contributed by atoms with Crippen molar-refractivity contribution in [2.75, 3.05) is 0 Å². The van der Waals surface area contributed by atoms with E-state index in [-0.39, 0.29) is 36.7 Å². The minimum absolute atomic E-state index is 0.121. The molecule has 1 rings (SSSR count). The van der Waals surface area contributed by atoms with E-state index in [9.17, 15) is 24.7 Å². The van der Waals surface area contributed by atoms with Crippen LogP contribution in [0.1, 0.15) is 72.8 Å². The van der Waals surface area contributed by atoms with Gasteiger partial charge in [0.15, 0.2) is 0 Å². The summed E-state index contributed by atoms with van der Waals surface area (Å²) in [6.45, 7) is 12.0. The lowest BCUT2D eigenvalue weighted by molar-refractivity contribution is -0.127. The highest BCUT2D eigenvalue weighted by Gasteiger charge is 2.33. The van der Waals surface area contributed by atoms with Crippen LogP contribution in [-0.2, 0) is 16.1 Å². The average Bonchev–Trinajstić information content (AvgIpc) is 2.76. The van der Waals surface area contributed by atoms with Gasteiger partial charge in [0.05, 0.1) is 18.1 Å². The van der Waals surface area contributed by atoms with E-state index in [0.717, 1.165) is 5.56 Å².